The van der Waals surface area contributed by atoms with Gasteiger partial charge >= 0.3 is 6.03 Å². The summed E-state index contributed by atoms with van der Waals surface area (Å²) in [5.74, 6) is -1.10. The molecule has 8 nitrogen and oxygen atoms in total. The zero-order valence-corrected chi connectivity index (χ0v) is 17.0. The second-order valence-electron chi connectivity index (χ2n) is 8.44. The molecule has 0 bridgehead atoms. The molecule has 5 amide bonds. The molecular weight excluding hydrogens is 384 g/mol. The molecule has 2 atom stereocenters. The fourth-order valence-corrected chi connectivity index (χ4v) is 4.96. The largest absolute Gasteiger partial charge is 0.369 e. The molecule has 0 aromatic heterocycles. The zero-order valence-electron chi connectivity index (χ0n) is 17.0. The summed E-state index contributed by atoms with van der Waals surface area (Å²) < 4.78 is 0. The number of carbonyl (C=O) groups is 4. The third kappa shape index (κ3) is 3.78. The summed E-state index contributed by atoms with van der Waals surface area (Å²) in [5, 5.41) is 0. The normalized spacial score (nSPS) is 25.3. The second-order valence-corrected chi connectivity index (χ2v) is 8.44. The molecule has 1 saturated carbocycles. The Morgan fingerprint density at radius 1 is 0.967 bits per heavy atom. The van der Waals surface area contributed by atoms with Crippen molar-refractivity contribution in [1.29, 1.82) is 0 Å². The summed E-state index contributed by atoms with van der Waals surface area (Å²) in [4.78, 5) is 55.4. The maximum Gasteiger partial charge on any atom is 0.332 e. The van der Waals surface area contributed by atoms with E-state index < -0.39 is 6.03 Å². The first kappa shape index (κ1) is 20.4. The Labute approximate surface area is 176 Å². The molecule has 0 radical (unpaired) electrons. The molecule has 8 heteroatoms. The van der Waals surface area contributed by atoms with Crippen LogP contribution in [0.15, 0.2) is 30.3 Å². The lowest BCUT2D eigenvalue weighted by molar-refractivity contribution is -0.137. The van der Waals surface area contributed by atoms with Crippen molar-refractivity contribution in [2.75, 3.05) is 24.5 Å². The molecule has 3 fully saturated rings. The summed E-state index contributed by atoms with van der Waals surface area (Å²) in [6.07, 6.45) is 4.47. The van der Waals surface area contributed by atoms with E-state index in [0.29, 0.717) is 31.6 Å². The predicted molar refractivity (Wildman–Crippen MR) is 110 cm³/mol. The topological polar surface area (TPSA) is 104 Å². The number of para-hydroxylation sites is 1. The van der Waals surface area contributed by atoms with Gasteiger partial charge in [0.15, 0.2) is 0 Å². The van der Waals surface area contributed by atoms with E-state index in [9.17, 15) is 19.2 Å². The van der Waals surface area contributed by atoms with E-state index in [-0.39, 0.29) is 42.1 Å². The van der Waals surface area contributed by atoms with Gasteiger partial charge in [0.25, 0.3) is 0 Å². The molecule has 160 valence electrons. The molecular formula is C22H28N4O4. The van der Waals surface area contributed by atoms with Gasteiger partial charge in [0.2, 0.25) is 17.7 Å². The fourth-order valence-electron chi connectivity index (χ4n) is 4.96. The van der Waals surface area contributed by atoms with Crippen LogP contribution >= 0.6 is 0 Å². The maximum absolute atomic E-state index is 13.3. The number of primary amides is 1. The fraction of sp³-hybridized carbons (Fsp3) is 0.545. The van der Waals surface area contributed by atoms with Crippen molar-refractivity contribution in [3.05, 3.63) is 30.3 Å². The second kappa shape index (κ2) is 8.45. The zero-order chi connectivity index (χ0) is 21.3. The molecule has 1 aromatic carbocycles. The number of fused-ring (bicyclic) bond motifs is 1. The van der Waals surface area contributed by atoms with E-state index in [4.69, 9.17) is 5.73 Å². The third-order valence-corrected chi connectivity index (χ3v) is 6.67. The van der Waals surface area contributed by atoms with Crippen molar-refractivity contribution >= 4 is 29.4 Å². The number of nitrogens with two attached hydrogens (primary N) is 1. The molecule has 2 saturated heterocycles. The highest BCUT2D eigenvalue weighted by molar-refractivity contribution is 6.17. The van der Waals surface area contributed by atoms with Crippen molar-refractivity contribution in [3.63, 3.8) is 0 Å². The minimum absolute atomic E-state index is 0.0438. The molecule has 0 spiro atoms. The number of amides is 5. The smallest absolute Gasteiger partial charge is 0.332 e. The number of imide groups is 1. The number of likely N-dealkylation sites (tertiary alicyclic amines) is 1. The lowest BCUT2D eigenvalue weighted by Gasteiger charge is -2.47. The Kier molecular flexibility index (Phi) is 5.74. The monoisotopic (exact) mass is 412 g/mol. The molecule has 1 aromatic rings. The number of nitrogens with zero attached hydrogens (tertiary/aromatic N) is 3. The highest BCUT2D eigenvalue weighted by atomic mass is 16.2. The summed E-state index contributed by atoms with van der Waals surface area (Å²) in [7, 11) is 0. The molecule has 2 unspecified atom stereocenters. The van der Waals surface area contributed by atoms with Crippen LogP contribution in [0.2, 0.25) is 0 Å². The van der Waals surface area contributed by atoms with E-state index in [1.165, 1.54) is 4.90 Å². The highest BCUT2D eigenvalue weighted by Gasteiger charge is 2.48. The van der Waals surface area contributed by atoms with Crippen molar-refractivity contribution in [2.24, 2.45) is 17.6 Å². The molecule has 2 N–H and O–H groups in total. The maximum atomic E-state index is 13.3. The van der Waals surface area contributed by atoms with Gasteiger partial charge in [-0.1, -0.05) is 31.0 Å². The number of piperidine rings is 1. The quantitative estimate of drug-likeness (QED) is 0.813. The van der Waals surface area contributed by atoms with Crippen molar-refractivity contribution < 1.29 is 19.2 Å². The third-order valence-electron chi connectivity index (χ3n) is 6.67. The van der Waals surface area contributed by atoms with Gasteiger partial charge in [-0.15, -0.1) is 0 Å². The number of rotatable bonds is 4. The van der Waals surface area contributed by atoms with Crippen LogP contribution in [0, 0.1) is 11.8 Å². The highest BCUT2D eigenvalue weighted by Crippen LogP contribution is 2.36. The molecule has 2 heterocycles. The first-order valence-electron chi connectivity index (χ1n) is 10.7. The first-order valence-corrected chi connectivity index (χ1v) is 10.7. The van der Waals surface area contributed by atoms with Crippen LogP contribution in [0.3, 0.4) is 0 Å². The van der Waals surface area contributed by atoms with Crippen molar-refractivity contribution in [2.45, 2.75) is 44.6 Å². The van der Waals surface area contributed by atoms with Crippen LogP contribution in [0.5, 0.6) is 0 Å². The predicted octanol–water partition coefficient (Wildman–Crippen LogP) is 1.74. The minimum Gasteiger partial charge on any atom is -0.369 e. The van der Waals surface area contributed by atoms with Gasteiger partial charge in [-0.05, 0) is 37.8 Å². The van der Waals surface area contributed by atoms with Crippen LogP contribution in [0.4, 0.5) is 10.5 Å². The Morgan fingerprint density at radius 2 is 1.63 bits per heavy atom. The van der Waals surface area contributed by atoms with Gasteiger partial charge in [-0.2, -0.15) is 0 Å². The van der Waals surface area contributed by atoms with Crippen LogP contribution in [-0.4, -0.2) is 59.2 Å². The number of anilines is 1. The van der Waals surface area contributed by atoms with Gasteiger partial charge < -0.3 is 15.5 Å². The van der Waals surface area contributed by atoms with Crippen LogP contribution in [-0.2, 0) is 14.4 Å². The van der Waals surface area contributed by atoms with E-state index in [2.05, 4.69) is 0 Å². The average molecular weight is 412 g/mol. The minimum atomic E-state index is -0.422. The van der Waals surface area contributed by atoms with E-state index in [0.717, 1.165) is 25.7 Å². The number of hydrogen-bond acceptors (Lipinski definition) is 4. The number of hydrogen-bond donors (Lipinski definition) is 1. The van der Waals surface area contributed by atoms with Crippen LogP contribution < -0.4 is 10.6 Å². The van der Waals surface area contributed by atoms with Gasteiger partial charge in [0.05, 0.1) is 11.6 Å². The van der Waals surface area contributed by atoms with Crippen molar-refractivity contribution in [1.82, 2.24) is 9.80 Å². The average Bonchev–Trinajstić information content (AvgIpc) is 2.77. The number of benzene rings is 1. The van der Waals surface area contributed by atoms with E-state index in [1.54, 1.807) is 34.1 Å². The summed E-state index contributed by atoms with van der Waals surface area (Å²) in [6.45, 7) is 0.881. The molecule has 4 rings (SSSR count). The van der Waals surface area contributed by atoms with Gasteiger partial charge in [0, 0.05) is 25.0 Å². The van der Waals surface area contributed by atoms with Crippen LogP contribution in [0.1, 0.15) is 38.5 Å². The summed E-state index contributed by atoms with van der Waals surface area (Å²) in [5.41, 5.74) is 5.92. The lowest BCUT2D eigenvalue weighted by Crippen LogP contribution is -2.64. The first-order chi connectivity index (χ1) is 14.5. The molecule has 3 aliphatic rings. The van der Waals surface area contributed by atoms with E-state index in [1.807, 2.05) is 6.07 Å². The van der Waals surface area contributed by atoms with Gasteiger partial charge in [-0.25, -0.2) is 9.69 Å². The van der Waals surface area contributed by atoms with Gasteiger partial charge in [-0.3, -0.25) is 14.4 Å². The van der Waals surface area contributed by atoms with Crippen LogP contribution in [0.25, 0.3) is 0 Å². The Bertz CT molecular complexity index is 835. The molecule has 2 aliphatic heterocycles. The molecule has 30 heavy (non-hydrogen) atoms. The summed E-state index contributed by atoms with van der Waals surface area (Å²) in [6, 6.07) is 8.26. The summed E-state index contributed by atoms with van der Waals surface area (Å²) >= 11 is 0. The SMILES string of the molecule is NC(=O)C1CCN(C(=O)CN2C(=O)N(c3ccccc3)C(=O)C3CCCCC32)CC1. The lowest BCUT2D eigenvalue weighted by atomic mass is 9.81. The Balaban J connectivity index is 1.53. The Morgan fingerprint density at radius 3 is 2.30 bits per heavy atom. The molecule has 1 aliphatic carbocycles. The van der Waals surface area contributed by atoms with Crippen molar-refractivity contribution in [3.8, 4) is 0 Å². The number of urea groups is 1. The van der Waals surface area contributed by atoms with Gasteiger partial charge in [0.1, 0.15) is 6.54 Å². The number of carbonyl (C=O) groups excluding carboxylic acids is 4. The standard InChI is InChI=1S/C22H28N4O4/c23-20(28)15-10-12-24(13-11-15)19(27)14-25-18-9-5-4-8-17(18)21(29)26(22(25)30)16-6-2-1-3-7-16/h1-3,6-7,15,17-18H,4-5,8-14H2,(H2,23,28). The Hall–Kier alpha value is -2.90. The van der Waals surface area contributed by atoms with E-state index >= 15 is 0 Å².